The Morgan fingerprint density at radius 1 is 1.28 bits per heavy atom. The van der Waals surface area contributed by atoms with Crippen LogP contribution in [0.5, 0.6) is 0 Å². The van der Waals surface area contributed by atoms with E-state index < -0.39 is 0 Å². The SMILES string of the molecule is Nc1ccc2nc(N3CC4CCC(C3)O4)[nH]c2c1. The summed E-state index contributed by atoms with van der Waals surface area (Å²) in [5, 5.41) is 0. The topological polar surface area (TPSA) is 67.2 Å². The van der Waals surface area contributed by atoms with Crippen molar-refractivity contribution in [2.45, 2.75) is 25.0 Å². The normalized spacial score (nSPS) is 27.0. The number of fused-ring (bicyclic) bond motifs is 3. The molecule has 1 aromatic carbocycles. The van der Waals surface area contributed by atoms with Crippen LogP contribution in [-0.2, 0) is 4.74 Å². The van der Waals surface area contributed by atoms with Gasteiger partial charge in [-0.25, -0.2) is 4.98 Å². The summed E-state index contributed by atoms with van der Waals surface area (Å²) in [6.07, 6.45) is 3.10. The summed E-state index contributed by atoms with van der Waals surface area (Å²) in [4.78, 5) is 10.3. The van der Waals surface area contributed by atoms with Gasteiger partial charge in [0.2, 0.25) is 5.95 Å². The molecule has 0 aliphatic carbocycles. The summed E-state index contributed by atoms with van der Waals surface area (Å²) in [5.41, 5.74) is 8.52. The number of nitrogen functional groups attached to an aromatic ring is 1. The van der Waals surface area contributed by atoms with Crippen molar-refractivity contribution in [3.05, 3.63) is 18.2 Å². The number of nitrogens with two attached hydrogens (primary N) is 1. The van der Waals surface area contributed by atoms with Gasteiger partial charge in [-0.3, -0.25) is 0 Å². The number of H-pyrrole nitrogens is 1. The molecule has 2 aliphatic heterocycles. The van der Waals surface area contributed by atoms with E-state index in [0.29, 0.717) is 12.2 Å². The summed E-state index contributed by atoms with van der Waals surface area (Å²) in [6, 6.07) is 5.77. The van der Waals surface area contributed by atoms with Crippen LogP contribution < -0.4 is 10.6 Å². The van der Waals surface area contributed by atoms with Gasteiger partial charge in [-0.15, -0.1) is 0 Å². The minimum Gasteiger partial charge on any atom is -0.399 e. The van der Waals surface area contributed by atoms with E-state index in [-0.39, 0.29) is 0 Å². The van der Waals surface area contributed by atoms with E-state index in [9.17, 15) is 0 Å². The van der Waals surface area contributed by atoms with Gasteiger partial charge in [0.1, 0.15) is 0 Å². The maximum absolute atomic E-state index is 5.84. The Bertz CT molecular complexity index is 582. The van der Waals surface area contributed by atoms with E-state index in [1.807, 2.05) is 18.2 Å². The lowest BCUT2D eigenvalue weighted by Crippen LogP contribution is -2.43. The molecule has 2 fully saturated rings. The molecule has 2 aromatic rings. The Morgan fingerprint density at radius 2 is 2.06 bits per heavy atom. The number of nitrogens with one attached hydrogen (secondary N) is 1. The first kappa shape index (κ1) is 10.2. The van der Waals surface area contributed by atoms with E-state index in [4.69, 9.17) is 10.5 Å². The molecule has 3 heterocycles. The average Bonchev–Trinajstić information content (AvgIpc) is 2.92. The van der Waals surface area contributed by atoms with Crippen LogP contribution in [0.15, 0.2) is 18.2 Å². The average molecular weight is 244 g/mol. The summed E-state index contributed by atoms with van der Waals surface area (Å²) >= 11 is 0. The van der Waals surface area contributed by atoms with Gasteiger partial charge in [-0.2, -0.15) is 0 Å². The number of anilines is 2. The molecule has 2 unspecified atom stereocenters. The number of rotatable bonds is 1. The predicted molar refractivity (Wildman–Crippen MR) is 70.6 cm³/mol. The smallest absolute Gasteiger partial charge is 0.204 e. The number of ether oxygens (including phenoxy) is 1. The fourth-order valence-corrected chi connectivity index (χ4v) is 2.95. The number of hydrogen-bond acceptors (Lipinski definition) is 4. The molecule has 5 heteroatoms. The van der Waals surface area contributed by atoms with Crippen LogP contribution in [0, 0.1) is 0 Å². The monoisotopic (exact) mass is 244 g/mol. The molecule has 2 aliphatic rings. The van der Waals surface area contributed by atoms with Gasteiger partial charge in [0.25, 0.3) is 0 Å². The van der Waals surface area contributed by atoms with Crippen molar-refractivity contribution in [2.24, 2.45) is 0 Å². The fourth-order valence-electron chi connectivity index (χ4n) is 2.95. The highest BCUT2D eigenvalue weighted by Gasteiger charge is 2.34. The van der Waals surface area contributed by atoms with Crippen molar-refractivity contribution in [1.29, 1.82) is 0 Å². The second-order valence-corrected chi connectivity index (χ2v) is 5.20. The van der Waals surface area contributed by atoms with Crippen LogP contribution in [-0.4, -0.2) is 35.3 Å². The van der Waals surface area contributed by atoms with Crippen LogP contribution in [0.4, 0.5) is 11.6 Å². The number of aromatic amines is 1. The predicted octanol–water partition coefficient (Wildman–Crippen LogP) is 1.51. The highest BCUT2D eigenvalue weighted by Crippen LogP contribution is 2.29. The van der Waals surface area contributed by atoms with Crippen LogP contribution >= 0.6 is 0 Å². The Morgan fingerprint density at radius 3 is 2.83 bits per heavy atom. The third kappa shape index (κ3) is 1.54. The molecule has 0 amide bonds. The zero-order valence-electron chi connectivity index (χ0n) is 10.1. The van der Waals surface area contributed by atoms with E-state index in [1.54, 1.807) is 0 Å². The van der Waals surface area contributed by atoms with Gasteiger partial charge in [0.05, 0.1) is 23.2 Å². The summed E-state index contributed by atoms with van der Waals surface area (Å²) in [6.45, 7) is 1.87. The first-order valence-electron chi connectivity index (χ1n) is 6.43. The van der Waals surface area contributed by atoms with Crippen LogP contribution in [0.3, 0.4) is 0 Å². The minimum absolute atomic E-state index is 0.377. The molecule has 94 valence electrons. The lowest BCUT2D eigenvalue weighted by molar-refractivity contribution is 0.0300. The minimum atomic E-state index is 0.377. The van der Waals surface area contributed by atoms with Gasteiger partial charge < -0.3 is 20.4 Å². The Balaban J connectivity index is 1.70. The van der Waals surface area contributed by atoms with E-state index in [0.717, 1.165) is 35.8 Å². The van der Waals surface area contributed by atoms with Crippen molar-refractivity contribution in [2.75, 3.05) is 23.7 Å². The second-order valence-electron chi connectivity index (χ2n) is 5.20. The maximum Gasteiger partial charge on any atom is 0.204 e. The van der Waals surface area contributed by atoms with Crippen molar-refractivity contribution in [3.63, 3.8) is 0 Å². The zero-order chi connectivity index (χ0) is 12.1. The lowest BCUT2D eigenvalue weighted by atomic mass is 10.2. The molecule has 2 atom stereocenters. The number of aromatic nitrogens is 2. The molecule has 2 bridgehead atoms. The largest absolute Gasteiger partial charge is 0.399 e. The van der Waals surface area contributed by atoms with Gasteiger partial charge in [0, 0.05) is 18.8 Å². The molecule has 4 rings (SSSR count). The Hall–Kier alpha value is -1.75. The number of benzene rings is 1. The van der Waals surface area contributed by atoms with Gasteiger partial charge in [-0.1, -0.05) is 0 Å². The molecule has 0 saturated carbocycles. The second kappa shape index (κ2) is 3.62. The van der Waals surface area contributed by atoms with Crippen LogP contribution in [0.25, 0.3) is 11.0 Å². The zero-order valence-corrected chi connectivity index (χ0v) is 10.1. The third-order valence-corrected chi connectivity index (χ3v) is 3.84. The first-order valence-corrected chi connectivity index (χ1v) is 6.43. The first-order chi connectivity index (χ1) is 8.78. The third-order valence-electron chi connectivity index (χ3n) is 3.84. The van der Waals surface area contributed by atoms with Crippen molar-refractivity contribution >= 4 is 22.7 Å². The fraction of sp³-hybridized carbons (Fsp3) is 0.462. The summed E-state index contributed by atoms with van der Waals surface area (Å²) in [5.74, 6) is 0.941. The van der Waals surface area contributed by atoms with E-state index in [1.165, 1.54) is 12.8 Å². The molecule has 5 nitrogen and oxygen atoms in total. The quantitative estimate of drug-likeness (QED) is 0.746. The van der Waals surface area contributed by atoms with Crippen molar-refractivity contribution in [3.8, 4) is 0 Å². The van der Waals surface area contributed by atoms with E-state index in [2.05, 4.69) is 14.9 Å². The molecule has 1 aromatic heterocycles. The number of imidazole rings is 1. The lowest BCUT2D eigenvalue weighted by Gasteiger charge is -2.31. The standard InChI is InChI=1S/C13H16N4O/c14-8-1-4-11-12(5-8)16-13(15-11)17-6-9-2-3-10(7-17)18-9/h1,4-5,9-10H,2-3,6-7,14H2,(H,15,16). The van der Waals surface area contributed by atoms with Gasteiger partial charge in [-0.05, 0) is 31.0 Å². The number of morpholine rings is 1. The molecule has 2 saturated heterocycles. The highest BCUT2D eigenvalue weighted by molar-refractivity contribution is 5.80. The maximum atomic E-state index is 5.84. The number of nitrogens with zero attached hydrogens (tertiary/aromatic N) is 2. The van der Waals surface area contributed by atoms with Crippen LogP contribution in [0.1, 0.15) is 12.8 Å². The summed E-state index contributed by atoms with van der Waals surface area (Å²) in [7, 11) is 0. The Kier molecular flexibility index (Phi) is 2.05. The van der Waals surface area contributed by atoms with Crippen molar-refractivity contribution < 1.29 is 4.74 Å². The molecular formula is C13H16N4O. The molecule has 0 spiro atoms. The molecular weight excluding hydrogens is 228 g/mol. The van der Waals surface area contributed by atoms with Crippen LogP contribution in [0.2, 0.25) is 0 Å². The van der Waals surface area contributed by atoms with E-state index >= 15 is 0 Å². The molecule has 0 radical (unpaired) electrons. The van der Waals surface area contributed by atoms with Gasteiger partial charge in [0.15, 0.2) is 0 Å². The van der Waals surface area contributed by atoms with Crippen molar-refractivity contribution in [1.82, 2.24) is 9.97 Å². The summed E-state index contributed by atoms with van der Waals surface area (Å²) < 4.78 is 5.84. The molecule has 18 heavy (non-hydrogen) atoms. The Labute approximate surface area is 105 Å². The number of hydrogen-bond donors (Lipinski definition) is 2. The highest BCUT2D eigenvalue weighted by atomic mass is 16.5. The molecule has 3 N–H and O–H groups in total. The van der Waals surface area contributed by atoms with Gasteiger partial charge >= 0.3 is 0 Å².